The van der Waals surface area contributed by atoms with Crippen molar-refractivity contribution in [3.63, 3.8) is 0 Å². The zero-order valence-corrected chi connectivity index (χ0v) is 16.9. The zero-order chi connectivity index (χ0) is 20.5. The third-order valence-corrected chi connectivity index (χ3v) is 3.45. The van der Waals surface area contributed by atoms with Crippen molar-refractivity contribution in [3.05, 3.63) is 29.3 Å². The molecule has 0 aliphatic rings. The molecule has 3 nitrogen and oxygen atoms in total. The summed E-state index contributed by atoms with van der Waals surface area (Å²) >= 11 is 0. The van der Waals surface area contributed by atoms with Crippen LogP contribution in [0.25, 0.3) is 0 Å². The number of amides is 1. The Balaban J connectivity index is 3.51. The maximum atomic E-state index is 13.4. The number of halogens is 3. The molecule has 0 saturated heterocycles. The van der Waals surface area contributed by atoms with Crippen molar-refractivity contribution < 1.29 is 22.7 Å². The summed E-state index contributed by atoms with van der Waals surface area (Å²) in [6, 6.07) is 3.81. The Kier molecular flexibility index (Phi) is 6.43. The molecule has 0 bridgehead atoms. The minimum absolute atomic E-state index is 0.191. The van der Waals surface area contributed by atoms with Crippen molar-refractivity contribution >= 4 is 11.8 Å². The van der Waals surface area contributed by atoms with Crippen molar-refractivity contribution in [1.82, 2.24) is 0 Å². The van der Waals surface area contributed by atoms with E-state index in [0.29, 0.717) is 12.0 Å². The van der Waals surface area contributed by atoms with E-state index in [1.165, 1.54) is 4.90 Å². The number of carbonyl (C=O) groups is 1. The number of hydrogen-bond donors (Lipinski definition) is 0. The average Bonchev–Trinajstić information content (AvgIpc) is 2.32. The van der Waals surface area contributed by atoms with Crippen molar-refractivity contribution in [1.29, 1.82) is 0 Å². The third-order valence-electron chi connectivity index (χ3n) is 3.45. The Morgan fingerprint density at radius 2 is 1.58 bits per heavy atom. The van der Waals surface area contributed by atoms with Crippen molar-refractivity contribution in [3.8, 4) is 0 Å². The quantitative estimate of drug-likeness (QED) is 0.610. The molecule has 0 atom stereocenters. The van der Waals surface area contributed by atoms with Crippen LogP contribution in [0.1, 0.15) is 66.5 Å². The van der Waals surface area contributed by atoms with Crippen LogP contribution in [-0.4, -0.2) is 17.2 Å². The molecule has 1 amide bonds. The third kappa shape index (κ3) is 6.54. The second kappa shape index (κ2) is 7.49. The predicted molar refractivity (Wildman–Crippen MR) is 98.5 cm³/mol. The normalized spacial score (nSPS) is 13.1. The minimum atomic E-state index is -4.49. The van der Waals surface area contributed by atoms with Gasteiger partial charge in [-0.1, -0.05) is 13.8 Å². The van der Waals surface area contributed by atoms with E-state index in [2.05, 4.69) is 0 Å². The molecule has 1 rings (SSSR count). The van der Waals surface area contributed by atoms with Gasteiger partial charge >= 0.3 is 12.3 Å². The molecule has 0 aliphatic heterocycles. The molecule has 0 aromatic heterocycles. The first-order valence-corrected chi connectivity index (χ1v) is 8.75. The average molecular weight is 373 g/mol. The lowest BCUT2D eigenvalue weighted by Gasteiger charge is -2.37. The van der Waals surface area contributed by atoms with Crippen molar-refractivity contribution in [2.45, 2.75) is 79.1 Å². The lowest BCUT2D eigenvalue weighted by Crippen LogP contribution is -2.48. The van der Waals surface area contributed by atoms with Gasteiger partial charge in [-0.2, -0.15) is 13.2 Å². The van der Waals surface area contributed by atoms with Gasteiger partial charge in [0.25, 0.3) is 0 Å². The van der Waals surface area contributed by atoms with E-state index in [4.69, 9.17) is 4.74 Å². The second-order valence-electron chi connectivity index (χ2n) is 8.97. The number of nitrogens with zero attached hydrogens (tertiary/aromatic N) is 1. The standard InChI is InChI=1S/C20H30F3NO2/c1-13(2)9-14-10-15(20(21,22)23)12-16(11-14)24(18(3,4)5)17(25)26-19(6,7)8/h10-13H,9H2,1-8H3. The molecule has 0 spiro atoms. The van der Waals surface area contributed by atoms with Crippen LogP contribution in [0.15, 0.2) is 18.2 Å². The Hall–Kier alpha value is -1.72. The van der Waals surface area contributed by atoms with Gasteiger partial charge in [0.05, 0.1) is 5.56 Å². The number of rotatable bonds is 3. The molecule has 0 heterocycles. The second-order valence-corrected chi connectivity index (χ2v) is 8.97. The number of anilines is 1. The largest absolute Gasteiger partial charge is 0.443 e. The highest BCUT2D eigenvalue weighted by atomic mass is 19.4. The first-order chi connectivity index (χ1) is 11.5. The Bertz CT molecular complexity index is 638. The van der Waals surface area contributed by atoms with E-state index >= 15 is 0 Å². The van der Waals surface area contributed by atoms with E-state index in [1.807, 2.05) is 13.8 Å². The van der Waals surface area contributed by atoms with Gasteiger partial charge in [-0.05, 0) is 77.6 Å². The van der Waals surface area contributed by atoms with E-state index in [9.17, 15) is 18.0 Å². The van der Waals surface area contributed by atoms with Gasteiger partial charge in [-0.3, -0.25) is 4.90 Å². The Labute approximate surface area is 154 Å². The molecule has 1 aromatic carbocycles. The lowest BCUT2D eigenvalue weighted by molar-refractivity contribution is -0.137. The topological polar surface area (TPSA) is 29.5 Å². The fourth-order valence-electron chi connectivity index (χ4n) is 2.63. The summed E-state index contributed by atoms with van der Waals surface area (Å²) in [4.78, 5) is 14.0. The first-order valence-electron chi connectivity index (χ1n) is 8.75. The van der Waals surface area contributed by atoms with E-state index < -0.39 is 29.0 Å². The number of carbonyl (C=O) groups excluding carboxylic acids is 1. The van der Waals surface area contributed by atoms with Gasteiger partial charge < -0.3 is 4.74 Å². The van der Waals surface area contributed by atoms with Crippen LogP contribution in [0.3, 0.4) is 0 Å². The Morgan fingerprint density at radius 1 is 1.04 bits per heavy atom. The Morgan fingerprint density at radius 3 is 1.96 bits per heavy atom. The molecule has 6 heteroatoms. The van der Waals surface area contributed by atoms with Crippen molar-refractivity contribution in [2.75, 3.05) is 4.90 Å². The van der Waals surface area contributed by atoms with Crippen molar-refractivity contribution in [2.24, 2.45) is 5.92 Å². The summed E-state index contributed by atoms with van der Waals surface area (Å²) in [5, 5.41) is 0. The highest BCUT2D eigenvalue weighted by molar-refractivity contribution is 5.89. The van der Waals surface area contributed by atoms with Gasteiger partial charge in [-0.15, -0.1) is 0 Å². The summed E-state index contributed by atoms with van der Waals surface area (Å²) in [5.74, 6) is 0.191. The molecular weight excluding hydrogens is 343 g/mol. The molecule has 0 fully saturated rings. The van der Waals surface area contributed by atoms with E-state index in [-0.39, 0.29) is 11.6 Å². The summed E-state index contributed by atoms with van der Waals surface area (Å²) in [5.41, 5.74) is -1.52. The van der Waals surface area contributed by atoms with Gasteiger partial charge in [0, 0.05) is 11.2 Å². The number of benzene rings is 1. The number of alkyl halides is 3. The fraction of sp³-hybridized carbons (Fsp3) is 0.650. The summed E-state index contributed by atoms with van der Waals surface area (Å²) < 4.78 is 45.6. The lowest BCUT2D eigenvalue weighted by atomic mass is 9.98. The van der Waals surface area contributed by atoms with Crippen LogP contribution in [0.2, 0.25) is 0 Å². The fourth-order valence-corrected chi connectivity index (χ4v) is 2.63. The van der Waals surface area contributed by atoms with Crippen LogP contribution in [0, 0.1) is 5.92 Å². The predicted octanol–water partition coefficient (Wildman–Crippen LogP) is 6.44. The first kappa shape index (κ1) is 22.3. The van der Waals surface area contributed by atoms with Gasteiger partial charge in [0.1, 0.15) is 5.60 Å². The highest BCUT2D eigenvalue weighted by Crippen LogP contribution is 2.36. The molecule has 0 radical (unpaired) electrons. The van der Waals surface area contributed by atoms with Gasteiger partial charge in [0.2, 0.25) is 0 Å². The molecule has 0 saturated carbocycles. The maximum absolute atomic E-state index is 13.4. The van der Waals surface area contributed by atoms with Crippen LogP contribution >= 0.6 is 0 Å². The molecule has 0 unspecified atom stereocenters. The van der Waals surface area contributed by atoms with Crippen LogP contribution in [0.5, 0.6) is 0 Å². The smallest absolute Gasteiger partial charge is 0.416 e. The van der Waals surface area contributed by atoms with Crippen LogP contribution in [-0.2, 0) is 17.3 Å². The SMILES string of the molecule is CC(C)Cc1cc(N(C(=O)OC(C)(C)C)C(C)(C)C)cc(C(F)(F)F)c1. The summed E-state index contributed by atoms with van der Waals surface area (Å²) in [7, 11) is 0. The number of hydrogen-bond acceptors (Lipinski definition) is 2. The molecule has 148 valence electrons. The maximum Gasteiger partial charge on any atom is 0.416 e. The summed E-state index contributed by atoms with van der Waals surface area (Å²) in [6.45, 7) is 14.3. The minimum Gasteiger partial charge on any atom is -0.443 e. The number of ether oxygens (including phenoxy) is 1. The van der Waals surface area contributed by atoms with Gasteiger partial charge in [-0.25, -0.2) is 4.79 Å². The summed E-state index contributed by atoms with van der Waals surface area (Å²) in [6.07, 6.45) is -4.66. The zero-order valence-electron chi connectivity index (χ0n) is 16.9. The van der Waals surface area contributed by atoms with Gasteiger partial charge in [0.15, 0.2) is 0 Å². The molecule has 0 aliphatic carbocycles. The van der Waals surface area contributed by atoms with E-state index in [0.717, 1.165) is 12.1 Å². The monoisotopic (exact) mass is 373 g/mol. The highest BCUT2D eigenvalue weighted by Gasteiger charge is 2.36. The molecule has 1 aromatic rings. The van der Waals surface area contributed by atoms with Crippen LogP contribution in [0.4, 0.5) is 23.7 Å². The van der Waals surface area contributed by atoms with E-state index in [1.54, 1.807) is 47.6 Å². The molecule has 26 heavy (non-hydrogen) atoms. The molecule has 0 N–H and O–H groups in total. The molecular formula is C20H30F3NO2. The van der Waals surface area contributed by atoms with Crippen LogP contribution < -0.4 is 4.90 Å².